The van der Waals surface area contributed by atoms with Crippen molar-refractivity contribution in [2.24, 2.45) is 0 Å². The van der Waals surface area contributed by atoms with E-state index in [1.165, 1.54) is 17.4 Å². The molecular weight excluding hydrogens is 348 g/mol. The molecule has 1 N–H and O–H groups in total. The molecular formula is C21H25ClN2O2. The van der Waals surface area contributed by atoms with E-state index < -0.39 is 0 Å². The van der Waals surface area contributed by atoms with Gasteiger partial charge in [-0.3, -0.25) is 9.59 Å². The fourth-order valence-electron chi connectivity index (χ4n) is 2.53. The van der Waals surface area contributed by atoms with E-state index in [-0.39, 0.29) is 23.8 Å². The van der Waals surface area contributed by atoms with E-state index in [1.54, 1.807) is 12.1 Å². The van der Waals surface area contributed by atoms with Crippen LogP contribution in [-0.2, 0) is 21.5 Å². The number of halogens is 1. The zero-order valence-electron chi connectivity index (χ0n) is 15.7. The molecule has 26 heavy (non-hydrogen) atoms. The van der Waals surface area contributed by atoms with Crippen LogP contribution in [0.3, 0.4) is 0 Å². The highest BCUT2D eigenvalue weighted by Gasteiger charge is 2.18. The number of nitrogens with one attached hydrogen (secondary N) is 1. The average Bonchev–Trinajstić information content (AvgIpc) is 2.58. The average molecular weight is 373 g/mol. The summed E-state index contributed by atoms with van der Waals surface area (Å²) in [4.78, 5) is 25.7. The number of benzene rings is 2. The van der Waals surface area contributed by atoms with Crippen LogP contribution in [0, 0.1) is 0 Å². The van der Waals surface area contributed by atoms with E-state index in [4.69, 9.17) is 11.6 Å². The zero-order valence-corrected chi connectivity index (χ0v) is 16.4. The van der Waals surface area contributed by atoms with Gasteiger partial charge in [-0.2, -0.15) is 0 Å². The molecule has 0 aromatic heterocycles. The summed E-state index contributed by atoms with van der Waals surface area (Å²) in [5.74, 6) is -0.384. The molecule has 0 aliphatic carbocycles. The second-order valence-electron chi connectivity index (χ2n) is 7.31. The highest BCUT2D eigenvalue weighted by Crippen LogP contribution is 2.25. The number of carbonyl (C=O) groups excluding carboxylic acids is 2. The lowest BCUT2D eigenvalue weighted by Crippen LogP contribution is -2.39. The normalized spacial score (nSPS) is 11.1. The van der Waals surface area contributed by atoms with Gasteiger partial charge in [-0.15, -0.1) is 0 Å². The van der Waals surface area contributed by atoms with E-state index in [0.717, 1.165) is 5.56 Å². The molecule has 5 heteroatoms. The van der Waals surface area contributed by atoms with E-state index >= 15 is 0 Å². The van der Waals surface area contributed by atoms with Crippen LogP contribution in [0.4, 0.5) is 5.69 Å². The Morgan fingerprint density at radius 3 is 2.08 bits per heavy atom. The molecule has 2 aromatic rings. The van der Waals surface area contributed by atoms with Gasteiger partial charge in [-0.05, 0) is 40.8 Å². The van der Waals surface area contributed by atoms with Crippen molar-refractivity contribution in [1.82, 2.24) is 5.32 Å². The van der Waals surface area contributed by atoms with Gasteiger partial charge in [0.2, 0.25) is 11.8 Å². The van der Waals surface area contributed by atoms with Crippen LogP contribution >= 0.6 is 11.6 Å². The molecule has 0 unspecified atom stereocenters. The maximum atomic E-state index is 12.3. The van der Waals surface area contributed by atoms with Crippen molar-refractivity contribution in [3.8, 4) is 0 Å². The minimum Gasteiger partial charge on any atom is -0.350 e. The number of rotatable bonds is 5. The minimum absolute atomic E-state index is 0.0161. The third kappa shape index (κ3) is 5.60. The number of amides is 2. The van der Waals surface area contributed by atoms with Gasteiger partial charge in [-0.1, -0.05) is 56.6 Å². The topological polar surface area (TPSA) is 49.4 Å². The highest BCUT2D eigenvalue weighted by molar-refractivity contribution is 6.30. The van der Waals surface area contributed by atoms with Gasteiger partial charge in [-0.25, -0.2) is 0 Å². The lowest BCUT2D eigenvalue weighted by atomic mass is 9.87. The van der Waals surface area contributed by atoms with Gasteiger partial charge in [0.15, 0.2) is 0 Å². The molecule has 0 radical (unpaired) electrons. The molecule has 2 rings (SSSR count). The van der Waals surface area contributed by atoms with Crippen LogP contribution in [-0.4, -0.2) is 18.4 Å². The molecule has 2 amide bonds. The lowest BCUT2D eigenvalue weighted by molar-refractivity contribution is -0.123. The Bertz CT molecular complexity index is 762. The van der Waals surface area contributed by atoms with Gasteiger partial charge < -0.3 is 10.2 Å². The molecule has 138 valence electrons. The summed E-state index contributed by atoms with van der Waals surface area (Å²) in [5, 5.41) is 3.49. The summed E-state index contributed by atoms with van der Waals surface area (Å²) < 4.78 is 0. The zero-order chi connectivity index (χ0) is 19.3. The molecule has 0 aliphatic rings. The summed E-state index contributed by atoms with van der Waals surface area (Å²) in [6, 6.07) is 15.0. The Hall–Kier alpha value is -2.33. The first-order valence-electron chi connectivity index (χ1n) is 8.56. The largest absolute Gasteiger partial charge is 0.350 e. The molecule has 4 nitrogen and oxygen atoms in total. The Morgan fingerprint density at radius 2 is 1.58 bits per heavy atom. The maximum Gasteiger partial charge on any atom is 0.240 e. The summed E-state index contributed by atoms with van der Waals surface area (Å²) in [6.45, 7) is 8.24. The fourth-order valence-corrected chi connectivity index (χ4v) is 2.65. The second kappa shape index (κ2) is 8.37. The predicted octanol–water partition coefficient (Wildman–Crippen LogP) is 4.31. The molecule has 0 spiro atoms. The van der Waals surface area contributed by atoms with Crippen molar-refractivity contribution in [2.75, 3.05) is 11.4 Å². The van der Waals surface area contributed by atoms with Crippen molar-refractivity contribution in [1.29, 1.82) is 0 Å². The van der Waals surface area contributed by atoms with Crippen molar-refractivity contribution in [3.63, 3.8) is 0 Å². The second-order valence-corrected chi connectivity index (χ2v) is 7.74. The van der Waals surface area contributed by atoms with E-state index in [9.17, 15) is 9.59 Å². The first kappa shape index (κ1) is 20.0. The number of nitrogens with zero attached hydrogens (tertiary/aromatic N) is 1. The van der Waals surface area contributed by atoms with Crippen LogP contribution in [0.15, 0.2) is 48.5 Å². The molecule has 0 bridgehead atoms. The van der Waals surface area contributed by atoms with E-state index in [0.29, 0.717) is 17.3 Å². The third-order valence-electron chi connectivity index (χ3n) is 4.13. The third-order valence-corrected chi connectivity index (χ3v) is 4.38. The van der Waals surface area contributed by atoms with Gasteiger partial charge in [0.1, 0.15) is 6.54 Å². The predicted molar refractivity (Wildman–Crippen MR) is 106 cm³/mol. The van der Waals surface area contributed by atoms with Gasteiger partial charge in [0, 0.05) is 24.2 Å². The van der Waals surface area contributed by atoms with Crippen LogP contribution in [0.1, 0.15) is 38.8 Å². The number of carbonyl (C=O) groups is 2. The van der Waals surface area contributed by atoms with Gasteiger partial charge >= 0.3 is 0 Å². The fraction of sp³-hybridized carbons (Fsp3) is 0.333. The SMILES string of the molecule is CC(=O)N(CC(=O)NCc1ccc(Cl)cc1)c1ccc(C(C)(C)C)cc1. The molecule has 2 aromatic carbocycles. The molecule has 0 fully saturated rings. The van der Waals surface area contributed by atoms with Gasteiger partial charge in [0.05, 0.1) is 0 Å². The first-order chi connectivity index (χ1) is 12.2. The van der Waals surface area contributed by atoms with Crippen molar-refractivity contribution >= 4 is 29.1 Å². The highest BCUT2D eigenvalue weighted by atomic mass is 35.5. The molecule has 0 atom stereocenters. The Balaban J connectivity index is 2.02. The van der Waals surface area contributed by atoms with Gasteiger partial charge in [0.25, 0.3) is 0 Å². The molecule has 0 saturated heterocycles. The minimum atomic E-state index is -0.213. The van der Waals surface area contributed by atoms with E-state index in [1.807, 2.05) is 36.4 Å². The lowest BCUT2D eigenvalue weighted by Gasteiger charge is -2.23. The smallest absolute Gasteiger partial charge is 0.240 e. The molecule has 0 aliphatic heterocycles. The first-order valence-corrected chi connectivity index (χ1v) is 8.94. The van der Waals surface area contributed by atoms with Crippen LogP contribution < -0.4 is 10.2 Å². The summed E-state index contributed by atoms with van der Waals surface area (Å²) in [6.07, 6.45) is 0. The summed E-state index contributed by atoms with van der Waals surface area (Å²) in [5.41, 5.74) is 2.88. The van der Waals surface area contributed by atoms with Crippen molar-refractivity contribution < 1.29 is 9.59 Å². The van der Waals surface area contributed by atoms with Crippen LogP contribution in [0.2, 0.25) is 5.02 Å². The standard InChI is InChI=1S/C21H25ClN2O2/c1-15(25)24(19-11-7-17(8-12-19)21(2,3)4)14-20(26)23-13-16-5-9-18(22)10-6-16/h5-12H,13-14H2,1-4H3,(H,23,26). The van der Waals surface area contributed by atoms with Crippen molar-refractivity contribution in [2.45, 2.75) is 39.7 Å². The summed E-state index contributed by atoms with van der Waals surface area (Å²) >= 11 is 5.85. The number of hydrogen-bond acceptors (Lipinski definition) is 2. The maximum absolute atomic E-state index is 12.3. The number of hydrogen-bond donors (Lipinski definition) is 1. The molecule has 0 saturated carbocycles. The quantitative estimate of drug-likeness (QED) is 0.850. The molecule has 0 heterocycles. The Labute approximate surface area is 160 Å². The Morgan fingerprint density at radius 1 is 1.00 bits per heavy atom. The van der Waals surface area contributed by atoms with Crippen LogP contribution in [0.25, 0.3) is 0 Å². The van der Waals surface area contributed by atoms with Crippen molar-refractivity contribution in [3.05, 3.63) is 64.7 Å². The summed E-state index contributed by atoms with van der Waals surface area (Å²) in [7, 11) is 0. The Kier molecular flexibility index (Phi) is 6.43. The van der Waals surface area contributed by atoms with E-state index in [2.05, 4.69) is 26.1 Å². The number of anilines is 1. The monoisotopic (exact) mass is 372 g/mol. The van der Waals surface area contributed by atoms with Crippen LogP contribution in [0.5, 0.6) is 0 Å².